The number of pyridine rings is 1. The fraction of sp³-hybridized carbons (Fsp3) is 0.179. The number of hydrogen-bond acceptors (Lipinski definition) is 7. The summed E-state index contributed by atoms with van der Waals surface area (Å²) in [5.74, 6) is 1.64. The summed E-state index contributed by atoms with van der Waals surface area (Å²) in [4.78, 5) is 37.0. The molecule has 0 radical (unpaired) electrons. The number of amides is 2. The van der Waals surface area contributed by atoms with Gasteiger partial charge in [-0.15, -0.1) is 0 Å². The van der Waals surface area contributed by atoms with Crippen LogP contribution in [0, 0.1) is 6.92 Å². The summed E-state index contributed by atoms with van der Waals surface area (Å²) in [6.45, 7) is 11.2. The summed E-state index contributed by atoms with van der Waals surface area (Å²) in [5, 5.41) is 9.59. The number of aryl methyl sites for hydroxylation is 1. The Morgan fingerprint density at radius 2 is 1.84 bits per heavy atom. The zero-order chi connectivity index (χ0) is 26.6. The van der Waals surface area contributed by atoms with E-state index >= 15 is 0 Å². The Balaban J connectivity index is 1.53. The molecule has 9 nitrogen and oxygen atoms in total. The highest BCUT2D eigenvalue weighted by Crippen LogP contribution is 2.30. The van der Waals surface area contributed by atoms with E-state index in [1.54, 1.807) is 30.5 Å². The Labute approximate surface area is 215 Å². The first-order valence-corrected chi connectivity index (χ1v) is 11.6. The fourth-order valence-corrected chi connectivity index (χ4v) is 3.52. The number of carbonyl (C=O) groups is 2. The molecular formula is C28H28N6O3. The molecule has 2 amide bonds. The quantitative estimate of drug-likeness (QED) is 0.288. The van der Waals surface area contributed by atoms with Crippen LogP contribution in [0.4, 0.5) is 17.3 Å². The first-order valence-electron chi connectivity index (χ1n) is 11.6. The standard InChI is InChI=1S/C28H28N6O3/c1-6-25(35)33-24-14-21-22(15-29-24)30-16-31-26(21)32-19-10-11-23(17(2)12-19)37-20-9-7-8-18(13-20)27(36)34-28(3,4)5/h6-16H,1H2,2-5H3,(H,34,36)(H,29,33,35)(H,30,31,32). The molecule has 188 valence electrons. The Morgan fingerprint density at radius 3 is 2.57 bits per heavy atom. The molecule has 0 aliphatic rings. The van der Waals surface area contributed by atoms with Crippen molar-refractivity contribution in [3.63, 3.8) is 0 Å². The topological polar surface area (TPSA) is 118 Å². The van der Waals surface area contributed by atoms with Gasteiger partial charge in [-0.05, 0) is 81.8 Å². The zero-order valence-corrected chi connectivity index (χ0v) is 21.1. The van der Waals surface area contributed by atoms with Crippen molar-refractivity contribution in [1.82, 2.24) is 20.3 Å². The minimum Gasteiger partial charge on any atom is -0.457 e. The maximum Gasteiger partial charge on any atom is 0.251 e. The van der Waals surface area contributed by atoms with Crippen LogP contribution in [0.15, 0.2) is 73.7 Å². The second-order valence-corrected chi connectivity index (χ2v) is 9.44. The van der Waals surface area contributed by atoms with E-state index in [2.05, 4.69) is 37.5 Å². The highest BCUT2D eigenvalue weighted by Gasteiger charge is 2.16. The van der Waals surface area contributed by atoms with Crippen molar-refractivity contribution >= 4 is 40.0 Å². The zero-order valence-electron chi connectivity index (χ0n) is 21.1. The van der Waals surface area contributed by atoms with Gasteiger partial charge in [-0.3, -0.25) is 9.59 Å². The van der Waals surface area contributed by atoms with Crippen LogP contribution in [0.1, 0.15) is 36.7 Å². The second-order valence-electron chi connectivity index (χ2n) is 9.44. The number of fused-ring (bicyclic) bond motifs is 1. The molecular weight excluding hydrogens is 468 g/mol. The van der Waals surface area contributed by atoms with Crippen LogP contribution in [-0.2, 0) is 4.79 Å². The lowest BCUT2D eigenvalue weighted by Crippen LogP contribution is -2.40. The van der Waals surface area contributed by atoms with Gasteiger partial charge in [-0.1, -0.05) is 12.6 Å². The summed E-state index contributed by atoms with van der Waals surface area (Å²) in [7, 11) is 0. The average Bonchev–Trinajstić information content (AvgIpc) is 2.85. The molecule has 0 saturated carbocycles. The fourth-order valence-electron chi connectivity index (χ4n) is 3.52. The van der Waals surface area contributed by atoms with E-state index in [1.165, 1.54) is 12.4 Å². The van der Waals surface area contributed by atoms with Crippen LogP contribution in [-0.4, -0.2) is 32.3 Å². The van der Waals surface area contributed by atoms with Crippen LogP contribution >= 0.6 is 0 Å². The Hall–Kier alpha value is -4.79. The van der Waals surface area contributed by atoms with Crippen molar-refractivity contribution < 1.29 is 14.3 Å². The van der Waals surface area contributed by atoms with Gasteiger partial charge in [0.05, 0.1) is 11.7 Å². The lowest BCUT2D eigenvalue weighted by atomic mass is 10.1. The Bertz CT molecular complexity index is 1490. The number of ether oxygens (including phenoxy) is 1. The smallest absolute Gasteiger partial charge is 0.251 e. The Morgan fingerprint density at radius 1 is 1.03 bits per heavy atom. The maximum atomic E-state index is 12.5. The number of hydrogen-bond donors (Lipinski definition) is 3. The SMILES string of the molecule is C=CC(=O)Nc1cc2c(Nc3ccc(Oc4cccc(C(=O)NC(C)(C)C)c4)c(C)c3)ncnc2cn1. The predicted molar refractivity (Wildman–Crippen MR) is 144 cm³/mol. The van der Waals surface area contributed by atoms with Crippen LogP contribution in [0.25, 0.3) is 10.9 Å². The summed E-state index contributed by atoms with van der Waals surface area (Å²) < 4.78 is 6.08. The van der Waals surface area contributed by atoms with Crippen LogP contribution in [0.3, 0.4) is 0 Å². The monoisotopic (exact) mass is 496 g/mol. The normalized spacial score (nSPS) is 11.0. The van der Waals surface area contributed by atoms with Crippen LogP contribution in [0.5, 0.6) is 11.5 Å². The van der Waals surface area contributed by atoms with Crippen LogP contribution < -0.4 is 20.7 Å². The molecule has 9 heteroatoms. The maximum absolute atomic E-state index is 12.5. The minimum atomic E-state index is -0.357. The third-order valence-corrected chi connectivity index (χ3v) is 5.21. The molecule has 0 atom stereocenters. The number of nitrogens with one attached hydrogen (secondary N) is 3. The van der Waals surface area contributed by atoms with Gasteiger partial charge in [0.15, 0.2) is 0 Å². The molecule has 0 saturated heterocycles. The summed E-state index contributed by atoms with van der Waals surface area (Å²) in [5.41, 5.74) is 2.49. The van der Waals surface area contributed by atoms with Gasteiger partial charge in [0.1, 0.15) is 29.5 Å². The highest BCUT2D eigenvalue weighted by atomic mass is 16.5. The molecule has 0 bridgehead atoms. The molecule has 0 unspecified atom stereocenters. The van der Waals surface area contributed by atoms with E-state index in [0.29, 0.717) is 39.6 Å². The largest absolute Gasteiger partial charge is 0.457 e. The summed E-state index contributed by atoms with van der Waals surface area (Å²) >= 11 is 0. The van der Waals surface area contributed by atoms with E-state index in [0.717, 1.165) is 11.3 Å². The highest BCUT2D eigenvalue weighted by molar-refractivity contribution is 6.00. The van der Waals surface area contributed by atoms with Crippen molar-refractivity contribution in [2.24, 2.45) is 0 Å². The number of aromatic nitrogens is 3. The van der Waals surface area contributed by atoms with Crippen molar-refractivity contribution in [2.75, 3.05) is 10.6 Å². The van der Waals surface area contributed by atoms with E-state index in [4.69, 9.17) is 4.74 Å². The van der Waals surface area contributed by atoms with Crippen molar-refractivity contribution in [2.45, 2.75) is 33.2 Å². The van der Waals surface area contributed by atoms with Gasteiger partial charge < -0.3 is 20.7 Å². The number of benzene rings is 2. The van der Waals surface area contributed by atoms with E-state index in [-0.39, 0.29) is 17.4 Å². The molecule has 0 aliphatic carbocycles. The number of rotatable bonds is 7. The van der Waals surface area contributed by atoms with Gasteiger partial charge in [-0.25, -0.2) is 15.0 Å². The lowest BCUT2D eigenvalue weighted by Gasteiger charge is -2.20. The van der Waals surface area contributed by atoms with Crippen LogP contribution in [0.2, 0.25) is 0 Å². The second kappa shape index (κ2) is 10.4. The molecule has 0 spiro atoms. The molecule has 0 aliphatic heterocycles. The lowest BCUT2D eigenvalue weighted by molar-refractivity contribution is -0.111. The van der Waals surface area contributed by atoms with Gasteiger partial charge in [0.2, 0.25) is 5.91 Å². The molecule has 37 heavy (non-hydrogen) atoms. The van der Waals surface area contributed by atoms with Crippen molar-refractivity contribution in [1.29, 1.82) is 0 Å². The van der Waals surface area contributed by atoms with E-state index in [1.807, 2.05) is 52.0 Å². The first kappa shape index (κ1) is 25.3. The Kier molecular flexibility index (Phi) is 7.15. The number of anilines is 3. The molecule has 2 aromatic heterocycles. The van der Waals surface area contributed by atoms with E-state index in [9.17, 15) is 9.59 Å². The van der Waals surface area contributed by atoms with Crippen molar-refractivity contribution in [3.05, 3.63) is 84.8 Å². The molecule has 0 fully saturated rings. The third kappa shape index (κ3) is 6.46. The van der Waals surface area contributed by atoms with E-state index < -0.39 is 0 Å². The van der Waals surface area contributed by atoms with Gasteiger partial charge >= 0.3 is 0 Å². The number of nitrogens with zero attached hydrogens (tertiary/aromatic N) is 3. The average molecular weight is 497 g/mol. The summed E-state index contributed by atoms with van der Waals surface area (Å²) in [6.07, 6.45) is 4.19. The van der Waals surface area contributed by atoms with Gasteiger partial charge in [-0.2, -0.15) is 0 Å². The third-order valence-electron chi connectivity index (χ3n) is 5.21. The molecule has 4 aromatic rings. The minimum absolute atomic E-state index is 0.159. The van der Waals surface area contributed by atoms with Gasteiger partial charge in [0, 0.05) is 22.2 Å². The molecule has 4 rings (SSSR count). The molecule has 3 N–H and O–H groups in total. The van der Waals surface area contributed by atoms with Gasteiger partial charge in [0.25, 0.3) is 5.91 Å². The number of carbonyl (C=O) groups excluding carboxylic acids is 2. The molecule has 2 aromatic carbocycles. The van der Waals surface area contributed by atoms with Crippen molar-refractivity contribution in [3.8, 4) is 11.5 Å². The predicted octanol–water partition coefficient (Wildman–Crippen LogP) is 5.52. The summed E-state index contributed by atoms with van der Waals surface area (Å²) in [6, 6.07) is 14.4. The first-order chi connectivity index (χ1) is 17.6. The molecule has 2 heterocycles.